The number of carboxylic acids is 2. The van der Waals surface area contributed by atoms with E-state index in [0.717, 1.165) is 0 Å². The van der Waals surface area contributed by atoms with Crippen LogP contribution >= 0.6 is 0 Å². The molecule has 1 fully saturated rings. The van der Waals surface area contributed by atoms with Crippen LogP contribution in [0.5, 0.6) is 0 Å². The summed E-state index contributed by atoms with van der Waals surface area (Å²) in [5, 5.41) is 18.2. The molecule has 5 heteroatoms. The maximum absolute atomic E-state index is 12.3. The van der Waals surface area contributed by atoms with Crippen molar-refractivity contribution in [2.24, 2.45) is 17.8 Å². The second kappa shape index (κ2) is 5.86. The van der Waals surface area contributed by atoms with Gasteiger partial charge in [0.25, 0.3) is 0 Å². The van der Waals surface area contributed by atoms with Crippen LogP contribution in [-0.2, 0) is 9.59 Å². The van der Waals surface area contributed by atoms with Crippen molar-refractivity contribution in [1.82, 2.24) is 0 Å². The van der Waals surface area contributed by atoms with E-state index in [1.807, 2.05) is 0 Å². The minimum Gasteiger partial charge on any atom is -0.481 e. The normalized spacial score (nSPS) is 25.9. The van der Waals surface area contributed by atoms with E-state index < -0.39 is 29.7 Å². The number of hydrogen-bond acceptors (Lipinski definition) is 3. The smallest absolute Gasteiger partial charge is 0.307 e. The molecular weight excluding hydrogens is 260 g/mol. The molecule has 1 aliphatic carbocycles. The maximum atomic E-state index is 12.3. The molecule has 0 aromatic heterocycles. The second-order valence-corrected chi connectivity index (χ2v) is 5.06. The highest BCUT2D eigenvalue weighted by molar-refractivity contribution is 5.98. The standard InChI is InChI=1S/C15H15O5/c16-13(9-4-2-1-3-5-9)10-6-7-11(14(17)18)12(8-10)15(19)20/h1-2,4-5,10-12H,6-8H2,(H,17,18)(H,19,20). The van der Waals surface area contributed by atoms with E-state index in [1.165, 1.54) is 0 Å². The highest BCUT2D eigenvalue weighted by Gasteiger charge is 2.41. The molecule has 0 spiro atoms. The van der Waals surface area contributed by atoms with E-state index in [1.54, 1.807) is 24.3 Å². The first-order valence-corrected chi connectivity index (χ1v) is 6.46. The molecule has 1 aromatic rings. The third-order valence-electron chi connectivity index (χ3n) is 3.85. The Morgan fingerprint density at radius 2 is 1.80 bits per heavy atom. The number of aliphatic carboxylic acids is 2. The minimum atomic E-state index is -1.14. The zero-order valence-corrected chi connectivity index (χ0v) is 10.8. The number of carbonyl (C=O) groups is 3. The van der Waals surface area contributed by atoms with Crippen molar-refractivity contribution in [3.05, 3.63) is 35.9 Å². The van der Waals surface area contributed by atoms with Crippen molar-refractivity contribution in [3.8, 4) is 0 Å². The Bertz CT molecular complexity index is 522. The van der Waals surface area contributed by atoms with Gasteiger partial charge in [0, 0.05) is 11.5 Å². The molecule has 0 bridgehead atoms. The van der Waals surface area contributed by atoms with Crippen LogP contribution in [0.15, 0.2) is 24.3 Å². The summed E-state index contributed by atoms with van der Waals surface area (Å²) in [6.45, 7) is 0. The Kier molecular flexibility index (Phi) is 4.17. The molecule has 0 aliphatic heterocycles. The summed E-state index contributed by atoms with van der Waals surface area (Å²) in [7, 11) is 0. The lowest BCUT2D eigenvalue weighted by atomic mass is 9.72. The van der Waals surface area contributed by atoms with Crippen LogP contribution in [0.4, 0.5) is 0 Å². The van der Waals surface area contributed by atoms with Gasteiger partial charge in [0.15, 0.2) is 5.78 Å². The number of Topliss-reactive ketones (excluding diaryl/α,β-unsaturated/α-hetero) is 1. The first-order chi connectivity index (χ1) is 9.50. The lowest BCUT2D eigenvalue weighted by Crippen LogP contribution is -2.37. The summed E-state index contributed by atoms with van der Waals surface area (Å²) < 4.78 is 0. The van der Waals surface area contributed by atoms with Gasteiger partial charge in [0.05, 0.1) is 11.8 Å². The molecule has 0 heterocycles. The van der Waals surface area contributed by atoms with Gasteiger partial charge in [0.1, 0.15) is 0 Å². The van der Waals surface area contributed by atoms with Crippen molar-refractivity contribution in [3.63, 3.8) is 0 Å². The van der Waals surface area contributed by atoms with Crippen molar-refractivity contribution < 1.29 is 24.6 Å². The Labute approximate surface area is 116 Å². The molecule has 20 heavy (non-hydrogen) atoms. The molecule has 5 nitrogen and oxygen atoms in total. The van der Waals surface area contributed by atoms with Gasteiger partial charge in [-0.15, -0.1) is 0 Å². The number of rotatable bonds is 4. The van der Waals surface area contributed by atoms with E-state index in [-0.39, 0.29) is 18.6 Å². The van der Waals surface area contributed by atoms with Gasteiger partial charge in [-0.3, -0.25) is 14.4 Å². The Hall–Kier alpha value is -2.17. The second-order valence-electron chi connectivity index (χ2n) is 5.06. The fourth-order valence-electron chi connectivity index (χ4n) is 2.76. The monoisotopic (exact) mass is 275 g/mol. The number of benzene rings is 1. The van der Waals surface area contributed by atoms with E-state index in [2.05, 4.69) is 6.07 Å². The average molecular weight is 275 g/mol. The van der Waals surface area contributed by atoms with Gasteiger partial charge in [-0.25, -0.2) is 0 Å². The summed E-state index contributed by atoms with van der Waals surface area (Å²) in [4.78, 5) is 34.5. The highest BCUT2D eigenvalue weighted by atomic mass is 16.4. The number of carboxylic acid groups (broad SMARTS) is 2. The molecule has 2 rings (SSSR count). The molecule has 3 atom stereocenters. The van der Waals surface area contributed by atoms with Gasteiger partial charge < -0.3 is 10.2 Å². The predicted molar refractivity (Wildman–Crippen MR) is 69.2 cm³/mol. The topological polar surface area (TPSA) is 91.7 Å². The largest absolute Gasteiger partial charge is 0.481 e. The van der Waals surface area contributed by atoms with Gasteiger partial charge >= 0.3 is 11.9 Å². The van der Waals surface area contributed by atoms with Gasteiger partial charge in [0.2, 0.25) is 0 Å². The molecule has 0 amide bonds. The van der Waals surface area contributed by atoms with E-state index >= 15 is 0 Å². The van der Waals surface area contributed by atoms with Crippen LogP contribution in [0, 0.1) is 23.8 Å². The Morgan fingerprint density at radius 1 is 1.10 bits per heavy atom. The SMILES string of the molecule is O=C(c1c[c]ccc1)C1CCC(C(=O)O)C(C(=O)O)C1. The van der Waals surface area contributed by atoms with Crippen molar-refractivity contribution >= 4 is 17.7 Å². The molecule has 105 valence electrons. The molecule has 1 aliphatic rings. The number of hydrogen-bond donors (Lipinski definition) is 2. The third kappa shape index (κ3) is 2.87. The summed E-state index contributed by atoms with van der Waals surface area (Å²) in [6.07, 6.45) is 0.716. The van der Waals surface area contributed by atoms with E-state index in [9.17, 15) is 14.4 Å². The minimum absolute atomic E-state index is 0.0834. The van der Waals surface area contributed by atoms with Crippen LogP contribution < -0.4 is 0 Å². The fraction of sp³-hybridized carbons (Fsp3) is 0.400. The van der Waals surface area contributed by atoms with Crippen molar-refractivity contribution in [1.29, 1.82) is 0 Å². The summed E-state index contributed by atoms with van der Waals surface area (Å²) in [6, 6.07) is 9.42. The Balaban J connectivity index is 2.15. The van der Waals surface area contributed by atoms with Gasteiger partial charge in [-0.1, -0.05) is 18.2 Å². The molecule has 3 unspecified atom stereocenters. The van der Waals surface area contributed by atoms with Crippen LogP contribution in [0.3, 0.4) is 0 Å². The van der Waals surface area contributed by atoms with Gasteiger partial charge in [-0.05, 0) is 31.4 Å². The van der Waals surface area contributed by atoms with E-state index in [0.29, 0.717) is 12.0 Å². The van der Waals surface area contributed by atoms with Gasteiger partial charge in [-0.2, -0.15) is 0 Å². The first kappa shape index (κ1) is 14.2. The summed E-state index contributed by atoms with van der Waals surface area (Å²) in [5.41, 5.74) is 0.496. The predicted octanol–water partition coefficient (Wildman–Crippen LogP) is 1.87. The zero-order chi connectivity index (χ0) is 14.7. The van der Waals surface area contributed by atoms with E-state index in [4.69, 9.17) is 10.2 Å². The summed E-state index contributed by atoms with van der Waals surface area (Å²) >= 11 is 0. The quantitative estimate of drug-likeness (QED) is 0.818. The maximum Gasteiger partial charge on any atom is 0.307 e. The molecule has 1 aromatic carbocycles. The third-order valence-corrected chi connectivity index (χ3v) is 3.85. The number of carbonyl (C=O) groups excluding carboxylic acids is 1. The van der Waals surface area contributed by atoms with Crippen LogP contribution in [0.25, 0.3) is 0 Å². The molecule has 1 radical (unpaired) electrons. The van der Waals surface area contributed by atoms with Crippen LogP contribution in [-0.4, -0.2) is 27.9 Å². The number of ketones is 1. The lowest BCUT2D eigenvalue weighted by molar-refractivity contribution is -0.156. The molecule has 2 N–H and O–H groups in total. The fourth-order valence-corrected chi connectivity index (χ4v) is 2.76. The lowest BCUT2D eigenvalue weighted by Gasteiger charge is -2.30. The first-order valence-electron chi connectivity index (χ1n) is 6.46. The zero-order valence-electron chi connectivity index (χ0n) is 10.8. The van der Waals surface area contributed by atoms with Crippen molar-refractivity contribution in [2.45, 2.75) is 19.3 Å². The highest BCUT2D eigenvalue weighted by Crippen LogP contribution is 2.36. The molecule has 1 saturated carbocycles. The Morgan fingerprint density at radius 3 is 2.35 bits per heavy atom. The van der Waals surface area contributed by atoms with Crippen molar-refractivity contribution in [2.75, 3.05) is 0 Å². The summed E-state index contributed by atoms with van der Waals surface area (Å²) in [5.74, 6) is -4.70. The van der Waals surface area contributed by atoms with Crippen LogP contribution in [0.2, 0.25) is 0 Å². The average Bonchev–Trinajstić information content (AvgIpc) is 2.46. The molecular formula is C15H15O5. The molecule has 0 saturated heterocycles. The van der Waals surface area contributed by atoms with Crippen LogP contribution in [0.1, 0.15) is 29.6 Å².